The summed E-state index contributed by atoms with van der Waals surface area (Å²) in [4.78, 5) is 35.3. The van der Waals surface area contributed by atoms with Crippen molar-refractivity contribution in [2.24, 2.45) is 0 Å². The Morgan fingerprint density at radius 1 is 1.12 bits per heavy atom. The van der Waals surface area contributed by atoms with Crippen LogP contribution in [0.15, 0.2) is 83.2 Å². The van der Waals surface area contributed by atoms with Gasteiger partial charge in [-0.05, 0) is 48.4 Å². The molecule has 1 aliphatic rings. The number of benzene rings is 2. The fraction of sp³-hybridized carbons (Fsp3) is 0.115. The molecular formula is C26H20BrN3O3. The van der Waals surface area contributed by atoms with Crippen LogP contribution in [0.4, 0.5) is 0 Å². The number of nitrogens with zero attached hydrogens (tertiary/aromatic N) is 2. The van der Waals surface area contributed by atoms with Crippen molar-refractivity contribution in [2.45, 2.75) is 19.5 Å². The van der Waals surface area contributed by atoms with Crippen molar-refractivity contribution in [2.75, 3.05) is 0 Å². The number of carbonyl (C=O) groups excluding carboxylic acids is 2. The van der Waals surface area contributed by atoms with Gasteiger partial charge < -0.3 is 15.0 Å². The number of halogens is 1. The Morgan fingerprint density at radius 3 is 2.64 bits per heavy atom. The van der Waals surface area contributed by atoms with E-state index < -0.39 is 17.7 Å². The van der Waals surface area contributed by atoms with Crippen LogP contribution in [0, 0.1) is 6.92 Å². The zero-order chi connectivity index (χ0) is 23.1. The van der Waals surface area contributed by atoms with Gasteiger partial charge in [0.15, 0.2) is 0 Å². The molecule has 7 heteroatoms. The van der Waals surface area contributed by atoms with Gasteiger partial charge >= 0.3 is 0 Å². The van der Waals surface area contributed by atoms with E-state index in [0.29, 0.717) is 5.56 Å². The third-order valence-corrected chi connectivity index (χ3v) is 6.88. The molecule has 0 spiro atoms. The normalized spacial score (nSPS) is 17.8. The number of para-hydroxylation sites is 1. The largest absolute Gasteiger partial charge is 0.507 e. The van der Waals surface area contributed by atoms with Gasteiger partial charge in [-0.2, -0.15) is 0 Å². The van der Waals surface area contributed by atoms with Gasteiger partial charge in [-0.1, -0.05) is 40.2 Å². The molecule has 2 aromatic carbocycles. The lowest BCUT2D eigenvalue weighted by Gasteiger charge is -2.25. The summed E-state index contributed by atoms with van der Waals surface area (Å²) in [5, 5.41) is 12.2. The molecular weight excluding hydrogens is 482 g/mol. The van der Waals surface area contributed by atoms with E-state index in [1.807, 2.05) is 49.4 Å². The van der Waals surface area contributed by atoms with Crippen LogP contribution in [-0.2, 0) is 16.1 Å². The zero-order valence-electron chi connectivity index (χ0n) is 17.7. The average molecular weight is 502 g/mol. The summed E-state index contributed by atoms with van der Waals surface area (Å²) in [5.74, 6) is -1.52. The van der Waals surface area contributed by atoms with E-state index in [4.69, 9.17) is 0 Å². The Bertz CT molecular complexity index is 1430. The lowest BCUT2D eigenvalue weighted by molar-refractivity contribution is -0.140. The number of aryl methyl sites for hydroxylation is 1. The number of carbonyl (C=O) groups is 2. The number of nitrogens with one attached hydrogen (secondary N) is 1. The first-order chi connectivity index (χ1) is 16.0. The van der Waals surface area contributed by atoms with Crippen LogP contribution in [0.2, 0.25) is 0 Å². The lowest BCUT2D eigenvalue weighted by atomic mass is 9.94. The highest BCUT2D eigenvalue weighted by Crippen LogP contribution is 2.42. The first-order valence-electron chi connectivity index (χ1n) is 10.5. The number of likely N-dealkylation sites (tertiary alicyclic amines) is 1. The van der Waals surface area contributed by atoms with Gasteiger partial charge in [0, 0.05) is 51.6 Å². The van der Waals surface area contributed by atoms with Gasteiger partial charge in [0.05, 0.1) is 11.6 Å². The van der Waals surface area contributed by atoms with E-state index in [9.17, 15) is 14.7 Å². The summed E-state index contributed by atoms with van der Waals surface area (Å²) in [5.41, 5.74) is 3.98. The molecule has 0 bridgehead atoms. The average Bonchev–Trinajstić information content (AvgIpc) is 3.35. The first-order valence-corrected chi connectivity index (χ1v) is 11.2. The number of rotatable bonds is 4. The SMILES string of the molecule is Cc1cc(/C(O)=C2\C(=O)C(=O)N(Cc3ccncc3)C2c2c[nH]c3ccccc23)ccc1Br. The number of hydrogen-bond acceptors (Lipinski definition) is 4. The Balaban J connectivity index is 1.72. The number of pyridine rings is 1. The maximum absolute atomic E-state index is 13.3. The Labute approximate surface area is 198 Å². The van der Waals surface area contributed by atoms with Crippen molar-refractivity contribution in [3.8, 4) is 0 Å². The highest BCUT2D eigenvalue weighted by Gasteiger charge is 2.46. The number of ketones is 1. The van der Waals surface area contributed by atoms with Gasteiger partial charge in [-0.15, -0.1) is 0 Å². The van der Waals surface area contributed by atoms with Crippen LogP contribution < -0.4 is 0 Å². The predicted molar refractivity (Wildman–Crippen MR) is 129 cm³/mol. The summed E-state index contributed by atoms with van der Waals surface area (Å²) >= 11 is 3.46. The molecule has 0 radical (unpaired) electrons. The van der Waals surface area contributed by atoms with Crippen molar-refractivity contribution in [1.29, 1.82) is 0 Å². The minimum atomic E-state index is -0.738. The van der Waals surface area contributed by atoms with Gasteiger partial charge in [0.1, 0.15) is 5.76 Å². The monoisotopic (exact) mass is 501 g/mol. The summed E-state index contributed by atoms with van der Waals surface area (Å²) in [6.07, 6.45) is 5.11. The molecule has 2 N–H and O–H groups in total. The van der Waals surface area contributed by atoms with Gasteiger partial charge in [0.25, 0.3) is 11.7 Å². The minimum absolute atomic E-state index is 0.0838. The van der Waals surface area contributed by atoms with Crippen LogP contribution in [-0.4, -0.2) is 31.7 Å². The van der Waals surface area contributed by atoms with Crippen LogP contribution in [0.5, 0.6) is 0 Å². The molecule has 5 rings (SSSR count). The van der Waals surface area contributed by atoms with Crippen molar-refractivity contribution in [3.05, 3.63) is 105 Å². The number of aromatic nitrogens is 2. The number of aliphatic hydroxyl groups excluding tert-OH is 1. The van der Waals surface area contributed by atoms with Gasteiger partial charge in [-0.25, -0.2) is 0 Å². The smallest absolute Gasteiger partial charge is 0.295 e. The van der Waals surface area contributed by atoms with Gasteiger partial charge in [-0.3, -0.25) is 14.6 Å². The molecule has 1 amide bonds. The lowest BCUT2D eigenvalue weighted by Crippen LogP contribution is -2.29. The molecule has 4 aromatic rings. The number of aromatic amines is 1. The summed E-state index contributed by atoms with van der Waals surface area (Å²) in [7, 11) is 0. The Hall–Kier alpha value is -3.71. The molecule has 1 unspecified atom stereocenters. The number of Topliss-reactive ketones (excluding diaryl/α,β-unsaturated/α-hetero) is 1. The first kappa shape index (κ1) is 21.2. The molecule has 3 heterocycles. The fourth-order valence-corrected chi connectivity index (χ4v) is 4.57. The van der Waals surface area contributed by atoms with Crippen molar-refractivity contribution in [1.82, 2.24) is 14.9 Å². The molecule has 1 aliphatic heterocycles. The van der Waals surface area contributed by atoms with E-state index in [0.717, 1.165) is 32.1 Å². The summed E-state index contributed by atoms with van der Waals surface area (Å²) in [6.45, 7) is 2.12. The van der Waals surface area contributed by atoms with Crippen molar-refractivity contribution >= 4 is 44.3 Å². The maximum atomic E-state index is 13.3. The predicted octanol–water partition coefficient (Wildman–Crippen LogP) is 5.26. The van der Waals surface area contributed by atoms with E-state index in [-0.39, 0.29) is 17.9 Å². The third kappa shape index (κ3) is 3.64. The third-order valence-electron chi connectivity index (χ3n) is 5.99. The summed E-state index contributed by atoms with van der Waals surface area (Å²) < 4.78 is 0.894. The molecule has 6 nitrogen and oxygen atoms in total. The maximum Gasteiger partial charge on any atom is 0.295 e. The molecule has 0 saturated carbocycles. The summed E-state index contributed by atoms with van der Waals surface area (Å²) in [6, 6.07) is 15.9. The molecule has 1 saturated heterocycles. The van der Waals surface area contributed by atoms with E-state index in [2.05, 4.69) is 25.9 Å². The Morgan fingerprint density at radius 2 is 1.88 bits per heavy atom. The number of fused-ring (bicyclic) bond motifs is 1. The molecule has 33 heavy (non-hydrogen) atoms. The fourth-order valence-electron chi connectivity index (χ4n) is 4.32. The molecule has 0 aliphatic carbocycles. The highest BCUT2D eigenvalue weighted by molar-refractivity contribution is 9.10. The molecule has 1 fully saturated rings. The minimum Gasteiger partial charge on any atom is -0.507 e. The van der Waals surface area contributed by atoms with Crippen LogP contribution >= 0.6 is 15.9 Å². The highest BCUT2D eigenvalue weighted by atomic mass is 79.9. The van der Waals surface area contributed by atoms with Crippen LogP contribution in [0.25, 0.3) is 16.7 Å². The van der Waals surface area contributed by atoms with Crippen LogP contribution in [0.1, 0.15) is 28.3 Å². The second kappa shape index (κ2) is 8.33. The number of H-pyrrole nitrogens is 1. The van der Waals surface area contributed by atoms with E-state index >= 15 is 0 Å². The van der Waals surface area contributed by atoms with Gasteiger partial charge in [0.2, 0.25) is 0 Å². The topological polar surface area (TPSA) is 86.3 Å². The Kier molecular flexibility index (Phi) is 5.34. The number of aliphatic hydroxyl groups is 1. The number of amides is 1. The quantitative estimate of drug-likeness (QED) is 0.227. The zero-order valence-corrected chi connectivity index (χ0v) is 19.3. The van der Waals surface area contributed by atoms with E-state index in [1.54, 1.807) is 30.7 Å². The van der Waals surface area contributed by atoms with E-state index in [1.165, 1.54) is 4.90 Å². The van der Waals surface area contributed by atoms with Crippen molar-refractivity contribution in [3.63, 3.8) is 0 Å². The van der Waals surface area contributed by atoms with Crippen molar-refractivity contribution < 1.29 is 14.7 Å². The van der Waals surface area contributed by atoms with Crippen LogP contribution in [0.3, 0.4) is 0 Å². The molecule has 2 aromatic heterocycles. The molecule has 1 atom stereocenters. The number of hydrogen-bond donors (Lipinski definition) is 2. The molecule has 164 valence electrons. The second-order valence-electron chi connectivity index (χ2n) is 8.04. The second-order valence-corrected chi connectivity index (χ2v) is 8.89. The standard InChI is InChI=1S/C26H20BrN3O3/c1-15-12-17(6-7-20(15)27)24(31)22-23(19-13-29-21-5-3-2-4-18(19)21)30(26(33)25(22)32)14-16-8-10-28-11-9-16/h2-13,23,29,31H,14H2,1H3/b24-22+.